The minimum Gasteiger partial charge on any atom is -0.477 e. The van der Waals surface area contributed by atoms with Gasteiger partial charge in [0.25, 0.3) is 0 Å². The molecule has 0 saturated heterocycles. The van der Waals surface area contributed by atoms with Gasteiger partial charge in [0.05, 0.1) is 12.2 Å². The third kappa shape index (κ3) is 3.58. The Morgan fingerprint density at radius 2 is 1.94 bits per heavy atom. The van der Waals surface area contributed by atoms with E-state index in [0.29, 0.717) is 18.4 Å². The summed E-state index contributed by atoms with van der Waals surface area (Å²) < 4.78 is 5.67. The summed E-state index contributed by atoms with van der Waals surface area (Å²) in [6, 6.07) is 0. The topological polar surface area (TPSA) is 47.0 Å². The number of ether oxygens (including phenoxy) is 1. The van der Waals surface area contributed by atoms with Crippen molar-refractivity contribution in [3.05, 3.63) is 11.4 Å². The molecule has 0 radical (unpaired) electrons. The van der Waals surface area contributed by atoms with E-state index < -0.39 is 0 Å². The quantitative estimate of drug-likeness (QED) is 0.825. The molecule has 0 spiro atoms. The number of anilines is 1. The molecule has 0 atom stereocenters. The molecule has 1 N–H and O–H groups in total. The van der Waals surface area contributed by atoms with Crippen molar-refractivity contribution in [1.29, 1.82) is 0 Å². The lowest BCUT2D eigenvalue weighted by molar-refractivity contribution is 0.301. The van der Waals surface area contributed by atoms with Gasteiger partial charge in [-0.25, -0.2) is 4.98 Å². The van der Waals surface area contributed by atoms with Crippen LogP contribution in [0.25, 0.3) is 0 Å². The van der Waals surface area contributed by atoms with Crippen molar-refractivity contribution in [2.24, 2.45) is 0 Å². The summed E-state index contributed by atoms with van der Waals surface area (Å²) in [5, 5.41) is 3.26. The summed E-state index contributed by atoms with van der Waals surface area (Å²) in [5.41, 5.74) is 0.990. The first-order valence-corrected chi connectivity index (χ1v) is 6.35. The maximum Gasteiger partial charge on any atom is 0.221 e. The minimum atomic E-state index is 0.303. The van der Waals surface area contributed by atoms with Crippen molar-refractivity contribution in [2.45, 2.75) is 47.0 Å². The highest BCUT2D eigenvalue weighted by Gasteiger charge is 2.13. The second-order valence-corrected chi connectivity index (χ2v) is 4.39. The maximum absolute atomic E-state index is 5.67. The number of nitrogens with one attached hydrogen (secondary N) is 1. The molecule has 1 heterocycles. The van der Waals surface area contributed by atoms with Crippen LogP contribution in [0, 0.1) is 6.92 Å². The molecule has 0 aliphatic carbocycles. The molecule has 0 aliphatic rings. The van der Waals surface area contributed by atoms with Crippen molar-refractivity contribution in [2.75, 3.05) is 18.5 Å². The summed E-state index contributed by atoms with van der Waals surface area (Å²) in [4.78, 5) is 9.01. The smallest absolute Gasteiger partial charge is 0.221 e. The van der Waals surface area contributed by atoms with E-state index in [1.807, 2.05) is 6.92 Å². The fraction of sp³-hybridized carbons (Fsp3) is 0.692. The molecule has 0 unspecified atom stereocenters. The van der Waals surface area contributed by atoms with Gasteiger partial charge in [-0.05, 0) is 20.3 Å². The number of hydrogen-bond donors (Lipinski definition) is 1. The minimum absolute atomic E-state index is 0.303. The van der Waals surface area contributed by atoms with Crippen LogP contribution in [0.15, 0.2) is 0 Å². The van der Waals surface area contributed by atoms with Crippen LogP contribution in [0.5, 0.6) is 5.88 Å². The van der Waals surface area contributed by atoms with Crippen LogP contribution in [-0.2, 0) is 0 Å². The largest absolute Gasteiger partial charge is 0.477 e. The van der Waals surface area contributed by atoms with Crippen LogP contribution >= 0.6 is 0 Å². The fourth-order valence-electron chi connectivity index (χ4n) is 1.45. The molecule has 0 saturated carbocycles. The summed E-state index contributed by atoms with van der Waals surface area (Å²) in [6.45, 7) is 11.9. The van der Waals surface area contributed by atoms with E-state index in [0.717, 1.165) is 30.2 Å². The first kappa shape index (κ1) is 13.7. The predicted molar refractivity (Wildman–Crippen MR) is 70.8 cm³/mol. The molecule has 1 aromatic heterocycles. The van der Waals surface area contributed by atoms with Gasteiger partial charge in [0, 0.05) is 12.5 Å². The Labute approximate surface area is 104 Å². The van der Waals surface area contributed by atoms with Crippen LogP contribution in [0.4, 0.5) is 5.82 Å². The van der Waals surface area contributed by atoms with Gasteiger partial charge in [-0.1, -0.05) is 20.8 Å². The third-order valence-electron chi connectivity index (χ3n) is 2.42. The monoisotopic (exact) mass is 237 g/mol. The SMILES string of the molecule is CCCOc1nc(C(C)C)nc(NCC)c1C. The lowest BCUT2D eigenvalue weighted by atomic mass is 10.2. The van der Waals surface area contributed by atoms with Gasteiger partial charge >= 0.3 is 0 Å². The summed E-state index contributed by atoms with van der Waals surface area (Å²) in [6.07, 6.45) is 0.983. The first-order chi connectivity index (χ1) is 8.10. The van der Waals surface area contributed by atoms with Crippen LogP contribution in [0.1, 0.15) is 51.4 Å². The van der Waals surface area contributed by atoms with Gasteiger partial charge in [0.15, 0.2) is 0 Å². The summed E-state index contributed by atoms with van der Waals surface area (Å²) >= 11 is 0. The number of nitrogens with zero attached hydrogens (tertiary/aromatic N) is 2. The molecule has 0 aromatic carbocycles. The van der Waals surface area contributed by atoms with E-state index >= 15 is 0 Å². The normalized spacial score (nSPS) is 10.7. The zero-order valence-electron chi connectivity index (χ0n) is 11.5. The average Bonchev–Trinajstić information content (AvgIpc) is 2.30. The van der Waals surface area contributed by atoms with E-state index in [1.54, 1.807) is 0 Å². The molecule has 96 valence electrons. The molecule has 0 fully saturated rings. The second-order valence-electron chi connectivity index (χ2n) is 4.39. The Bertz CT molecular complexity index is 364. The first-order valence-electron chi connectivity index (χ1n) is 6.35. The van der Waals surface area contributed by atoms with E-state index in [1.165, 1.54) is 0 Å². The molecule has 1 rings (SSSR count). The molecule has 0 aliphatic heterocycles. The van der Waals surface area contributed by atoms with Crippen LogP contribution in [0.3, 0.4) is 0 Å². The zero-order valence-corrected chi connectivity index (χ0v) is 11.5. The lowest BCUT2D eigenvalue weighted by Gasteiger charge is -2.14. The van der Waals surface area contributed by atoms with Crippen molar-refractivity contribution in [3.63, 3.8) is 0 Å². The van der Waals surface area contributed by atoms with Crippen molar-refractivity contribution < 1.29 is 4.74 Å². The van der Waals surface area contributed by atoms with Crippen molar-refractivity contribution >= 4 is 5.82 Å². The van der Waals surface area contributed by atoms with Gasteiger partial charge in [0.1, 0.15) is 11.6 Å². The second kappa shape index (κ2) is 6.42. The number of hydrogen-bond acceptors (Lipinski definition) is 4. The standard InChI is InChI=1S/C13H23N3O/c1-6-8-17-13-10(5)12(14-7-2)15-11(16-13)9(3)4/h9H,6-8H2,1-5H3,(H,14,15,16). The molecule has 0 bridgehead atoms. The Morgan fingerprint density at radius 1 is 1.24 bits per heavy atom. The molecule has 0 amide bonds. The third-order valence-corrected chi connectivity index (χ3v) is 2.42. The van der Waals surface area contributed by atoms with E-state index in [-0.39, 0.29) is 0 Å². The molecule has 4 heteroatoms. The molecular formula is C13H23N3O. The molecular weight excluding hydrogens is 214 g/mol. The Morgan fingerprint density at radius 3 is 2.47 bits per heavy atom. The molecule has 17 heavy (non-hydrogen) atoms. The Hall–Kier alpha value is -1.32. The highest BCUT2D eigenvalue weighted by atomic mass is 16.5. The molecule has 4 nitrogen and oxygen atoms in total. The Kier molecular flexibility index (Phi) is 5.19. The number of aromatic nitrogens is 2. The summed E-state index contributed by atoms with van der Waals surface area (Å²) in [7, 11) is 0. The van der Waals surface area contributed by atoms with E-state index in [4.69, 9.17) is 4.74 Å². The van der Waals surface area contributed by atoms with Crippen LogP contribution in [0.2, 0.25) is 0 Å². The Balaban J connectivity index is 3.08. The van der Waals surface area contributed by atoms with Gasteiger partial charge < -0.3 is 10.1 Å². The number of rotatable bonds is 6. The average molecular weight is 237 g/mol. The van der Waals surface area contributed by atoms with Crippen LogP contribution in [-0.4, -0.2) is 23.1 Å². The lowest BCUT2D eigenvalue weighted by Crippen LogP contribution is -2.10. The predicted octanol–water partition coefficient (Wildman–Crippen LogP) is 3.13. The van der Waals surface area contributed by atoms with Crippen LogP contribution < -0.4 is 10.1 Å². The molecule has 1 aromatic rings. The van der Waals surface area contributed by atoms with Gasteiger partial charge in [-0.2, -0.15) is 4.98 Å². The van der Waals surface area contributed by atoms with Crippen molar-refractivity contribution in [3.8, 4) is 5.88 Å². The van der Waals surface area contributed by atoms with Gasteiger partial charge in [-0.3, -0.25) is 0 Å². The maximum atomic E-state index is 5.67. The van der Waals surface area contributed by atoms with Crippen molar-refractivity contribution in [1.82, 2.24) is 9.97 Å². The van der Waals surface area contributed by atoms with Gasteiger partial charge in [0.2, 0.25) is 5.88 Å². The summed E-state index contributed by atoms with van der Waals surface area (Å²) in [5.74, 6) is 2.73. The highest BCUT2D eigenvalue weighted by molar-refractivity contribution is 5.48. The fourth-order valence-corrected chi connectivity index (χ4v) is 1.45. The van der Waals surface area contributed by atoms with E-state index in [2.05, 4.69) is 43.0 Å². The zero-order chi connectivity index (χ0) is 12.8. The van der Waals surface area contributed by atoms with Gasteiger partial charge in [-0.15, -0.1) is 0 Å². The van der Waals surface area contributed by atoms with E-state index in [9.17, 15) is 0 Å². The highest BCUT2D eigenvalue weighted by Crippen LogP contribution is 2.24.